The summed E-state index contributed by atoms with van der Waals surface area (Å²) in [6, 6.07) is 13.6. The van der Waals surface area contributed by atoms with E-state index in [0.717, 1.165) is 0 Å². The first kappa shape index (κ1) is 15.1. The molecule has 0 amide bonds. The van der Waals surface area contributed by atoms with Gasteiger partial charge in [0.15, 0.2) is 0 Å². The maximum absolute atomic E-state index is 3.47. The number of benzene rings is 2. The molecule has 1 nitrogen and oxygen atoms in total. The van der Waals surface area contributed by atoms with Gasteiger partial charge in [-0.2, -0.15) is 0 Å². The summed E-state index contributed by atoms with van der Waals surface area (Å²) < 4.78 is 0. The third-order valence-electron chi connectivity index (χ3n) is 3.76. The van der Waals surface area contributed by atoms with Crippen LogP contribution in [0.15, 0.2) is 41.3 Å². The Morgan fingerprint density at radius 1 is 0.950 bits per heavy atom. The Labute approximate surface area is 126 Å². The van der Waals surface area contributed by atoms with Crippen LogP contribution in [-0.2, 0) is 0 Å². The zero-order valence-electron chi connectivity index (χ0n) is 12.9. The van der Waals surface area contributed by atoms with E-state index in [2.05, 4.69) is 68.7 Å². The first-order chi connectivity index (χ1) is 9.56. The molecule has 106 valence electrons. The van der Waals surface area contributed by atoms with Gasteiger partial charge in [-0.05, 0) is 68.5 Å². The zero-order chi connectivity index (χ0) is 14.7. The first-order valence-corrected chi connectivity index (χ1v) is 8.18. The summed E-state index contributed by atoms with van der Waals surface area (Å²) in [6.45, 7) is 6.57. The molecule has 0 aromatic heterocycles. The molecular weight excluding hydrogens is 262 g/mol. The maximum atomic E-state index is 3.47. The standard InChI is InChI=1S/C18H23NS/c1-12-10-13(2)17(14(3)11-12)18(19-4)15-6-8-16(20-5)9-7-15/h6-11,18-19H,1-5H3. The lowest BCUT2D eigenvalue weighted by atomic mass is 9.90. The molecule has 0 aliphatic rings. The molecule has 0 aliphatic heterocycles. The highest BCUT2D eigenvalue weighted by Crippen LogP contribution is 2.29. The molecule has 2 heteroatoms. The number of rotatable bonds is 4. The molecule has 1 unspecified atom stereocenters. The van der Waals surface area contributed by atoms with Gasteiger partial charge in [0.2, 0.25) is 0 Å². The fourth-order valence-electron chi connectivity index (χ4n) is 2.92. The van der Waals surface area contributed by atoms with Gasteiger partial charge in [0.1, 0.15) is 0 Å². The SMILES string of the molecule is CNC(c1ccc(SC)cc1)c1c(C)cc(C)cc1C. The van der Waals surface area contributed by atoms with E-state index >= 15 is 0 Å². The molecule has 0 saturated carbocycles. The fraction of sp³-hybridized carbons (Fsp3) is 0.333. The van der Waals surface area contributed by atoms with Gasteiger partial charge in [-0.25, -0.2) is 0 Å². The summed E-state index contributed by atoms with van der Waals surface area (Å²) in [5, 5.41) is 3.47. The molecule has 2 aromatic rings. The summed E-state index contributed by atoms with van der Waals surface area (Å²) in [5.74, 6) is 0. The van der Waals surface area contributed by atoms with Crippen LogP contribution >= 0.6 is 11.8 Å². The summed E-state index contributed by atoms with van der Waals surface area (Å²) in [6.07, 6.45) is 2.11. The zero-order valence-corrected chi connectivity index (χ0v) is 13.8. The minimum Gasteiger partial charge on any atom is -0.309 e. The van der Waals surface area contributed by atoms with Crippen LogP contribution in [-0.4, -0.2) is 13.3 Å². The molecule has 0 aliphatic carbocycles. The summed E-state index contributed by atoms with van der Waals surface area (Å²) in [4.78, 5) is 1.31. The predicted octanol–water partition coefficient (Wildman–Crippen LogP) is 4.64. The maximum Gasteiger partial charge on any atom is 0.0579 e. The number of hydrogen-bond donors (Lipinski definition) is 1. The van der Waals surface area contributed by atoms with Gasteiger partial charge in [0.05, 0.1) is 6.04 Å². The van der Waals surface area contributed by atoms with Crippen molar-refractivity contribution in [3.63, 3.8) is 0 Å². The van der Waals surface area contributed by atoms with Crippen molar-refractivity contribution in [1.29, 1.82) is 0 Å². The minimum atomic E-state index is 0.256. The van der Waals surface area contributed by atoms with E-state index in [-0.39, 0.29) is 6.04 Å². The summed E-state index contributed by atoms with van der Waals surface area (Å²) >= 11 is 1.78. The Kier molecular flexibility index (Phi) is 4.90. The number of nitrogens with one attached hydrogen (secondary N) is 1. The normalized spacial score (nSPS) is 12.4. The number of aryl methyl sites for hydroxylation is 3. The van der Waals surface area contributed by atoms with Gasteiger partial charge in [-0.1, -0.05) is 29.8 Å². The molecule has 1 atom stereocenters. The quantitative estimate of drug-likeness (QED) is 0.821. The van der Waals surface area contributed by atoms with Crippen molar-refractivity contribution in [3.8, 4) is 0 Å². The van der Waals surface area contributed by atoms with E-state index in [1.165, 1.54) is 32.7 Å². The van der Waals surface area contributed by atoms with Crippen LogP contribution in [0.4, 0.5) is 0 Å². The van der Waals surface area contributed by atoms with Crippen molar-refractivity contribution in [2.75, 3.05) is 13.3 Å². The fourth-order valence-corrected chi connectivity index (χ4v) is 3.33. The minimum absolute atomic E-state index is 0.256. The van der Waals surface area contributed by atoms with Crippen LogP contribution in [0.5, 0.6) is 0 Å². The number of hydrogen-bond acceptors (Lipinski definition) is 2. The summed E-state index contributed by atoms with van der Waals surface area (Å²) in [7, 11) is 2.03. The molecule has 0 radical (unpaired) electrons. The van der Waals surface area contributed by atoms with Crippen molar-refractivity contribution >= 4 is 11.8 Å². The van der Waals surface area contributed by atoms with E-state index in [1.54, 1.807) is 11.8 Å². The second kappa shape index (κ2) is 6.47. The van der Waals surface area contributed by atoms with E-state index in [1.807, 2.05) is 7.05 Å². The topological polar surface area (TPSA) is 12.0 Å². The molecule has 0 fully saturated rings. The largest absolute Gasteiger partial charge is 0.309 e. The second-order valence-corrected chi connectivity index (χ2v) is 6.19. The van der Waals surface area contributed by atoms with Crippen LogP contribution in [0, 0.1) is 20.8 Å². The van der Waals surface area contributed by atoms with Gasteiger partial charge >= 0.3 is 0 Å². The van der Waals surface area contributed by atoms with Gasteiger partial charge in [0.25, 0.3) is 0 Å². The molecule has 0 saturated heterocycles. The van der Waals surface area contributed by atoms with Gasteiger partial charge < -0.3 is 5.32 Å². The molecule has 1 N–H and O–H groups in total. The molecule has 2 aromatic carbocycles. The highest BCUT2D eigenvalue weighted by molar-refractivity contribution is 7.98. The van der Waals surface area contributed by atoms with Gasteiger partial charge in [-0.3, -0.25) is 0 Å². The molecular formula is C18H23NS. The van der Waals surface area contributed by atoms with Crippen LogP contribution in [0.25, 0.3) is 0 Å². The predicted molar refractivity (Wildman–Crippen MR) is 89.8 cm³/mol. The first-order valence-electron chi connectivity index (χ1n) is 6.95. The smallest absolute Gasteiger partial charge is 0.0579 e. The highest BCUT2D eigenvalue weighted by Gasteiger charge is 2.16. The Bertz CT molecular complexity index is 564. The van der Waals surface area contributed by atoms with Crippen LogP contribution in [0.1, 0.15) is 33.9 Å². The van der Waals surface area contributed by atoms with Crippen LogP contribution in [0.3, 0.4) is 0 Å². The Hall–Kier alpha value is -1.25. The molecule has 0 bridgehead atoms. The Morgan fingerprint density at radius 3 is 1.95 bits per heavy atom. The monoisotopic (exact) mass is 285 g/mol. The molecule has 20 heavy (non-hydrogen) atoms. The molecule has 0 spiro atoms. The van der Waals surface area contributed by atoms with E-state index in [4.69, 9.17) is 0 Å². The second-order valence-electron chi connectivity index (χ2n) is 5.31. The van der Waals surface area contributed by atoms with E-state index < -0.39 is 0 Å². The third-order valence-corrected chi connectivity index (χ3v) is 4.51. The van der Waals surface area contributed by atoms with Gasteiger partial charge in [-0.15, -0.1) is 11.8 Å². The van der Waals surface area contributed by atoms with E-state index in [9.17, 15) is 0 Å². The van der Waals surface area contributed by atoms with Crippen LogP contribution in [0.2, 0.25) is 0 Å². The lowest BCUT2D eigenvalue weighted by molar-refractivity contribution is 0.682. The van der Waals surface area contributed by atoms with Crippen molar-refractivity contribution in [2.24, 2.45) is 0 Å². The Morgan fingerprint density at radius 2 is 1.50 bits per heavy atom. The lowest BCUT2D eigenvalue weighted by Gasteiger charge is -2.22. The molecule has 0 heterocycles. The van der Waals surface area contributed by atoms with Crippen LogP contribution < -0.4 is 5.32 Å². The van der Waals surface area contributed by atoms with Gasteiger partial charge in [0, 0.05) is 4.90 Å². The molecule has 2 rings (SSSR count). The van der Waals surface area contributed by atoms with E-state index in [0.29, 0.717) is 0 Å². The highest BCUT2D eigenvalue weighted by atomic mass is 32.2. The van der Waals surface area contributed by atoms with Crippen molar-refractivity contribution in [1.82, 2.24) is 5.32 Å². The van der Waals surface area contributed by atoms with Crippen molar-refractivity contribution in [3.05, 3.63) is 64.2 Å². The third kappa shape index (κ3) is 3.08. The number of thioether (sulfide) groups is 1. The summed E-state index contributed by atoms with van der Waals surface area (Å²) in [5.41, 5.74) is 6.76. The Balaban J connectivity index is 2.46. The van der Waals surface area contributed by atoms with Crippen molar-refractivity contribution < 1.29 is 0 Å². The lowest BCUT2D eigenvalue weighted by Crippen LogP contribution is -2.20. The average molecular weight is 285 g/mol. The average Bonchev–Trinajstić information content (AvgIpc) is 2.43. The van der Waals surface area contributed by atoms with Crippen molar-refractivity contribution in [2.45, 2.75) is 31.7 Å².